The van der Waals surface area contributed by atoms with Crippen molar-refractivity contribution in [1.82, 2.24) is 14.5 Å². The van der Waals surface area contributed by atoms with Crippen LogP contribution in [0.3, 0.4) is 0 Å². The molecule has 0 spiro atoms. The Balaban J connectivity index is 1.45. The molecule has 0 aliphatic rings. The van der Waals surface area contributed by atoms with Crippen LogP contribution in [0.15, 0.2) is 127 Å². The highest BCUT2D eigenvalue weighted by Crippen LogP contribution is 2.48. The molecule has 3 nitrogen and oxygen atoms in total. The Hall–Kier alpha value is -5.10. The zero-order chi connectivity index (χ0) is 32.4. The molecule has 0 saturated carbocycles. The van der Waals surface area contributed by atoms with Crippen molar-refractivity contribution in [2.24, 2.45) is 0 Å². The highest BCUT2D eigenvalue weighted by molar-refractivity contribution is 7.27. The normalized spacial score (nSPS) is 13.8. The molecule has 0 bridgehead atoms. The van der Waals surface area contributed by atoms with E-state index in [2.05, 4.69) is 65.2 Å². The highest BCUT2D eigenvalue weighted by atomic mass is 32.1. The van der Waals surface area contributed by atoms with Crippen molar-refractivity contribution in [3.8, 4) is 17.2 Å². The summed E-state index contributed by atoms with van der Waals surface area (Å²) in [6.07, 6.45) is 0. The first-order valence-corrected chi connectivity index (χ1v) is 15.6. The molecular formula is C38H21N3S2. The number of hydrogen-bond acceptors (Lipinski definition) is 4. The van der Waals surface area contributed by atoms with Gasteiger partial charge in [-0.3, -0.25) is 4.57 Å². The zero-order valence-electron chi connectivity index (χ0n) is 27.4. The van der Waals surface area contributed by atoms with Gasteiger partial charge >= 0.3 is 0 Å². The topological polar surface area (TPSA) is 30.7 Å². The molecule has 0 unspecified atom stereocenters. The van der Waals surface area contributed by atoms with Crippen LogP contribution in [0.5, 0.6) is 0 Å². The van der Waals surface area contributed by atoms with Crippen molar-refractivity contribution in [3.05, 3.63) is 127 Å². The third-order valence-electron chi connectivity index (χ3n) is 8.31. The second kappa shape index (κ2) is 8.71. The monoisotopic (exact) mass is 588 g/mol. The van der Waals surface area contributed by atoms with Crippen molar-refractivity contribution in [3.63, 3.8) is 0 Å². The van der Waals surface area contributed by atoms with Crippen molar-refractivity contribution in [2.45, 2.75) is 0 Å². The van der Waals surface area contributed by atoms with E-state index in [0.717, 1.165) is 42.0 Å². The lowest BCUT2D eigenvalue weighted by Gasteiger charge is -2.11. The molecule has 6 aromatic carbocycles. The Labute approximate surface area is 260 Å². The highest BCUT2D eigenvalue weighted by Gasteiger charge is 2.24. The molecule has 10 rings (SSSR count). The van der Waals surface area contributed by atoms with Gasteiger partial charge in [0.2, 0.25) is 5.95 Å². The molecule has 0 atom stereocenters. The molecule has 0 amide bonds. The van der Waals surface area contributed by atoms with Crippen molar-refractivity contribution in [1.29, 1.82) is 0 Å². The lowest BCUT2D eigenvalue weighted by Crippen LogP contribution is -2.02. The fourth-order valence-corrected chi connectivity index (χ4v) is 8.92. The van der Waals surface area contributed by atoms with Gasteiger partial charge in [0.05, 0.1) is 28.3 Å². The standard InChI is InChI=1S/C38H21N3S2/c1-2-12-22(13-3-1)34-33-27-18-8-11-21-30(27)43-37(33)40-38(39-34)41-28-19-9-6-16-25(28)31-23-14-4-5-15-24(23)32-26-17-7-10-20-29(26)42-36(32)35(31)41/h1-21H/i1D,2D,3D,12D,13D. The Morgan fingerprint density at radius 2 is 1.16 bits per heavy atom. The second-order valence-electron chi connectivity index (χ2n) is 10.6. The lowest BCUT2D eigenvalue weighted by atomic mass is 9.99. The first-order valence-electron chi connectivity index (χ1n) is 16.4. The fourth-order valence-electron chi connectivity index (χ4n) is 6.60. The minimum absolute atomic E-state index is 0.0661. The van der Waals surface area contributed by atoms with E-state index in [4.69, 9.17) is 16.8 Å². The van der Waals surface area contributed by atoms with Gasteiger partial charge in [-0.15, -0.1) is 22.7 Å². The number of hydrogen-bond donors (Lipinski definition) is 0. The quantitative estimate of drug-likeness (QED) is 0.201. The van der Waals surface area contributed by atoms with Crippen LogP contribution >= 0.6 is 22.7 Å². The summed E-state index contributed by atoms with van der Waals surface area (Å²) in [5, 5.41) is 8.40. The van der Waals surface area contributed by atoms with Crippen molar-refractivity contribution < 1.29 is 6.85 Å². The lowest BCUT2D eigenvalue weighted by molar-refractivity contribution is 1.02. The van der Waals surface area contributed by atoms with Crippen LogP contribution < -0.4 is 0 Å². The van der Waals surface area contributed by atoms with E-state index in [1.165, 1.54) is 32.2 Å². The fraction of sp³-hybridized carbons (Fsp3) is 0. The number of fused-ring (bicyclic) bond motifs is 13. The summed E-state index contributed by atoms with van der Waals surface area (Å²) in [4.78, 5) is 11.1. The molecule has 43 heavy (non-hydrogen) atoms. The zero-order valence-corrected chi connectivity index (χ0v) is 24.0. The largest absolute Gasteiger partial charge is 0.276 e. The molecule has 0 fully saturated rings. The third-order valence-corrected chi connectivity index (χ3v) is 10.6. The van der Waals surface area contributed by atoms with Gasteiger partial charge in [-0.2, -0.15) is 0 Å². The van der Waals surface area contributed by atoms with E-state index in [-0.39, 0.29) is 17.6 Å². The van der Waals surface area contributed by atoms with Crippen LogP contribution in [0, 0.1) is 0 Å². The molecule has 0 radical (unpaired) electrons. The van der Waals surface area contributed by atoms with Gasteiger partial charge in [0.1, 0.15) is 4.83 Å². The maximum absolute atomic E-state index is 8.94. The Morgan fingerprint density at radius 3 is 1.93 bits per heavy atom. The molecule has 200 valence electrons. The summed E-state index contributed by atoms with van der Waals surface area (Å²) in [6, 6.07) is 31.4. The molecule has 0 saturated heterocycles. The van der Waals surface area contributed by atoms with E-state index in [9.17, 15) is 0 Å². The summed E-state index contributed by atoms with van der Waals surface area (Å²) in [5.74, 6) is 0.385. The van der Waals surface area contributed by atoms with Crippen LogP contribution in [-0.2, 0) is 0 Å². The predicted octanol–water partition coefficient (Wildman–Crippen LogP) is 11.1. The van der Waals surface area contributed by atoms with E-state index in [1.54, 1.807) is 11.3 Å². The van der Waals surface area contributed by atoms with Crippen molar-refractivity contribution >= 4 is 95.7 Å². The van der Waals surface area contributed by atoms with E-state index in [1.807, 2.05) is 36.4 Å². The number of aromatic nitrogens is 3. The number of rotatable bonds is 2. The van der Waals surface area contributed by atoms with Gasteiger partial charge < -0.3 is 0 Å². The van der Waals surface area contributed by atoms with Crippen LogP contribution in [0.2, 0.25) is 0 Å². The Bertz CT molecular complexity index is 3000. The van der Waals surface area contributed by atoms with Gasteiger partial charge in [-0.05, 0) is 29.0 Å². The Morgan fingerprint density at radius 1 is 0.558 bits per heavy atom. The summed E-state index contributed by atoms with van der Waals surface area (Å²) < 4.78 is 48.5. The average molecular weight is 589 g/mol. The maximum atomic E-state index is 8.94. The van der Waals surface area contributed by atoms with Gasteiger partial charge in [0.15, 0.2) is 0 Å². The van der Waals surface area contributed by atoms with E-state index < -0.39 is 18.1 Å². The van der Waals surface area contributed by atoms with Crippen LogP contribution in [0.4, 0.5) is 0 Å². The SMILES string of the molecule is [2H]c1c([2H])c([2H])c(-c2nc(-n3c4ccccc4c4c5ccccc5c5c6ccccc6sc5c43)nc3sc4ccccc4c23)c([2H])c1[2H]. The minimum atomic E-state index is -0.434. The van der Waals surface area contributed by atoms with Gasteiger partial charge in [0, 0.05) is 47.3 Å². The van der Waals surface area contributed by atoms with Gasteiger partial charge in [0.25, 0.3) is 0 Å². The molecule has 10 aromatic rings. The first kappa shape index (κ1) is 19.2. The van der Waals surface area contributed by atoms with Gasteiger partial charge in [-0.1, -0.05) is 109 Å². The first-order chi connectivity index (χ1) is 23.4. The van der Waals surface area contributed by atoms with Crippen LogP contribution in [-0.4, -0.2) is 14.5 Å². The van der Waals surface area contributed by atoms with E-state index >= 15 is 0 Å². The molecule has 4 heterocycles. The summed E-state index contributed by atoms with van der Waals surface area (Å²) in [6.45, 7) is 0. The number of benzene rings is 6. The molecule has 5 heteroatoms. The second-order valence-corrected chi connectivity index (χ2v) is 12.7. The summed E-state index contributed by atoms with van der Waals surface area (Å²) >= 11 is 3.26. The summed E-state index contributed by atoms with van der Waals surface area (Å²) in [7, 11) is 0. The maximum Gasteiger partial charge on any atom is 0.236 e. The number of para-hydroxylation sites is 1. The molecular weight excluding hydrogens is 563 g/mol. The molecule has 0 aliphatic carbocycles. The molecule has 0 aliphatic heterocycles. The van der Waals surface area contributed by atoms with Gasteiger partial charge in [-0.25, -0.2) is 9.97 Å². The smallest absolute Gasteiger partial charge is 0.236 e. The minimum Gasteiger partial charge on any atom is -0.276 e. The summed E-state index contributed by atoms with van der Waals surface area (Å²) in [5.41, 5.74) is 2.30. The van der Waals surface area contributed by atoms with E-state index in [0.29, 0.717) is 21.9 Å². The average Bonchev–Trinajstić information content (AvgIpc) is 3.80. The van der Waals surface area contributed by atoms with Crippen molar-refractivity contribution in [2.75, 3.05) is 0 Å². The molecule has 4 aromatic heterocycles. The number of thiophene rings is 2. The number of nitrogens with zero attached hydrogens (tertiary/aromatic N) is 3. The Kier molecular flexibility index (Phi) is 3.88. The predicted molar refractivity (Wildman–Crippen MR) is 185 cm³/mol. The van der Waals surface area contributed by atoms with Crippen LogP contribution in [0.1, 0.15) is 6.85 Å². The molecule has 0 N–H and O–H groups in total. The third kappa shape index (κ3) is 3.18. The van der Waals surface area contributed by atoms with Crippen LogP contribution in [0.25, 0.3) is 90.3 Å².